The molecule has 0 radical (unpaired) electrons. The third kappa shape index (κ3) is 2.50. The van der Waals surface area contributed by atoms with Crippen molar-refractivity contribution in [2.45, 2.75) is 6.92 Å². The highest BCUT2D eigenvalue weighted by atomic mass is 16.1. The molecule has 0 spiro atoms. The first-order chi connectivity index (χ1) is 10.7. The molecule has 3 aromatic rings. The van der Waals surface area contributed by atoms with Crippen molar-refractivity contribution in [1.82, 2.24) is 9.97 Å². The summed E-state index contributed by atoms with van der Waals surface area (Å²) >= 11 is 0. The van der Waals surface area contributed by atoms with Gasteiger partial charge in [-0.15, -0.1) is 0 Å². The molecular weight excluding hydrogens is 276 g/mol. The van der Waals surface area contributed by atoms with Gasteiger partial charge in [-0.05, 0) is 31.2 Å². The van der Waals surface area contributed by atoms with Crippen LogP contribution in [0.25, 0.3) is 10.9 Å². The van der Waals surface area contributed by atoms with E-state index in [-0.39, 0.29) is 5.91 Å². The van der Waals surface area contributed by atoms with E-state index >= 15 is 0 Å². The molecule has 1 amide bonds. The van der Waals surface area contributed by atoms with Crippen LogP contribution in [-0.2, 0) is 0 Å². The Balaban J connectivity index is 1.99. The van der Waals surface area contributed by atoms with Gasteiger partial charge in [0.25, 0.3) is 5.91 Å². The van der Waals surface area contributed by atoms with Crippen molar-refractivity contribution in [2.75, 3.05) is 5.32 Å². The van der Waals surface area contributed by atoms with Gasteiger partial charge in [0.2, 0.25) is 0 Å². The highest BCUT2D eigenvalue weighted by Gasteiger charge is 2.13. The summed E-state index contributed by atoms with van der Waals surface area (Å²) in [7, 11) is 0. The molecule has 0 fully saturated rings. The van der Waals surface area contributed by atoms with E-state index in [0.717, 1.165) is 10.9 Å². The van der Waals surface area contributed by atoms with Crippen molar-refractivity contribution < 1.29 is 4.79 Å². The number of nitriles is 1. The quantitative estimate of drug-likeness (QED) is 0.786. The van der Waals surface area contributed by atoms with Gasteiger partial charge in [0.05, 0.1) is 28.0 Å². The second kappa shape index (κ2) is 5.62. The lowest BCUT2D eigenvalue weighted by atomic mass is 10.1. The second-order valence-electron chi connectivity index (χ2n) is 4.80. The lowest BCUT2D eigenvalue weighted by Crippen LogP contribution is -2.15. The van der Waals surface area contributed by atoms with Gasteiger partial charge in [0, 0.05) is 17.8 Å². The Morgan fingerprint density at radius 1 is 1.27 bits per heavy atom. The minimum atomic E-state index is -0.293. The van der Waals surface area contributed by atoms with E-state index in [2.05, 4.69) is 21.4 Å². The van der Waals surface area contributed by atoms with E-state index in [4.69, 9.17) is 5.26 Å². The van der Waals surface area contributed by atoms with E-state index in [0.29, 0.717) is 22.5 Å². The number of rotatable bonds is 2. The molecule has 0 saturated heterocycles. The fraction of sp³-hybridized carbons (Fsp3) is 0.0588. The Morgan fingerprint density at radius 2 is 2.09 bits per heavy atom. The highest BCUT2D eigenvalue weighted by Crippen LogP contribution is 2.19. The standard InChI is InChI=1S/C17H12N4O/c1-11-14(8-13-10-19-7-6-16(13)20-11)17(22)21-15-5-3-2-4-12(15)9-18/h2-8,10H,1H3,(H,21,22). The summed E-state index contributed by atoms with van der Waals surface area (Å²) in [5.41, 5.74) is 2.80. The molecular formula is C17H12N4O. The topological polar surface area (TPSA) is 78.7 Å². The van der Waals surface area contributed by atoms with Gasteiger partial charge >= 0.3 is 0 Å². The largest absolute Gasteiger partial charge is 0.321 e. The lowest BCUT2D eigenvalue weighted by Gasteiger charge is -2.09. The summed E-state index contributed by atoms with van der Waals surface area (Å²) in [6.45, 7) is 1.78. The fourth-order valence-electron chi connectivity index (χ4n) is 2.22. The average molecular weight is 288 g/mol. The molecule has 1 N–H and O–H groups in total. The maximum absolute atomic E-state index is 12.5. The third-order valence-electron chi connectivity index (χ3n) is 3.35. The Labute approximate surface area is 127 Å². The fourth-order valence-corrected chi connectivity index (χ4v) is 2.22. The number of anilines is 1. The van der Waals surface area contributed by atoms with Crippen LogP contribution in [-0.4, -0.2) is 15.9 Å². The summed E-state index contributed by atoms with van der Waals surface area (Å²) in [5, 5.41) is 12.6. The van der Waals surface area contributed by atoms with Gasteiger partial charge in [-0.25, -0.2) is 0 Å². The molecule has 1 aromatic carbocycles. The molecule has 0 aliphatic heterocycles. The number of nitrogens with one attached hydrogen (secondary N) is 1. The van der Waals surface area contributed by atoms with Crippen LogP contribution in [0.1, 0.15) is 21.6 Å². The van der Waals surface area contributed by atoms with Crippen molar-refractivity contribution >= 4 is 22.5 Å². The number of nitrogens with zero attached hydrogens (tertiary/aromatic N) is 3. The summed E-state index contributed by atoms with van der Waals surface area (Å²) in [5.74, 6) is -0.293. The monoisotopic (exact) mass is 288 g/mol. The molecule has 106 valence electrons. The minimum absolute atomic E-state index is 0.293. The first-order valence-electron chi connectivity index (χ1n) is 6.71. The van der Waals surface area contributed by atoms with Crippen LogP contribution in [0.15, 0.2) is 48.8 Å². The van der Waals surface area contributed by atoms with Crippen LogP contribution in [0.3, 0.4) is 0 Å². The molecule has 5 heteroatoms. The SMILES string of the molecule is Cc1nc2ccncc2cc1C(=O)Nc1ccccc1C#N. The molecule has 3 rings (SSSR count). The summed E-state index contributed by atoms with van der Waals surface area (Å²) in [6, 6.07) is 12.5. The molecule has 0 unspecified atom stereocenters. The molecule has 0 saturated carbocycles. The van der Waals surface area contributed by atoms with Gasteiger partial charge in [0.15, 0.2) is 0 Å². The maximum Gasteiger partial charge on any atom is 0.257 e. The van der Waals surface area contributed by atoms with E-state index < -0.39 is 0 Å². The van der Waals surface area contributed by atoms with Crippen LogP contribution in [0.2, 0.25) is 0 Å². The number of carbonyl (C=O) groups is 1. The Kier molecular flexibility index (Phi) is 3.50. The van der Waals surface area contributed by atoms with Crippen LogP contribution >= 0.6 is 0 Å². The van der Waals surface area contributed by atoms with Crippen LogP contribution in [0, 0.1) is 18.3 Å². The Bertz CT molecular complexity index is 912. The van der Waals surface area contributed by atoms with E-state index in [1.54, 1.807) is 55.7 Å². The molecule has 2 heterocycles. The predicted octanol–water partition coefficient (Wildman–Crippen LogP) is 3.06. The highest BCUT2D eigenvalue weighted by molar-refractivity contribution is 6.07. The number of hydrogen-bond acceptors (Lipinski definition) is 4. The number of hydrogen-bond donors (Lipinski definition) is 1. The van der Waals surface area contributed by atoms with Crippen molar-refractivity contribution in [3.63, 3.8) is 0 Å². The lowest BCUT2D eigenvalue weighted by molar-refractivity contribution is 0.102. The van der Waals surface area contributed by atoms with E-state index in [1.165, 1.54) is 0 Å². The van der Waals surface area contributed by atoms with Gasteiger partial charge in [-0.3, -0.25) is 14.8 Å². The number of aryl methyl sites for hydroxylation is 1. The van der Waals surface area contributed by atoms with Crippen molar-refractivity contribution in [1.29, 1.82) is 5.26 Å². The molecule has 0 atom stereocenters. The number of fused-ring (bicyclic) bond motifs is 1. The number of pyridine rings is 2. The first-order valence-corrected chi connectivity index (χ1v) is 6.71. The minimum Gasteiger partial charge on any atom is -0.321 e. The summed E-state index contributed by atoms with van der Waals surface area (Å²) in [4.78, 5) is 20.9. The zero-order chi connectivity index (χ0) is 15.5. The summed E-state index contributed by atoms with van der Waals surface area (Å²) < 4.78 is 0. The van der Waals surface area contributed by atoms with Gasteiger partial charge < -0.3 is 5.32 Å². The van der Waals surface area contributed by atoms with E-state index in [1.807, 2.05) is 0 Å². The van der Waals surface area contributed by atoms with Crippen molar-refractivity contribution in [3.05, 3.63) is 65.6 Å². The van der Waals surface area contributed by atoms with E-state index in [9.17, 15) is 4.79 Å². The zero-order valence-corrected chi connectivity index (χ0v) is 11.9. The van der Waals surface area contributed by atoms with Crippen LogP contribution < -0.4 is 5.32 Å². The molecule has 0 aliphatic carbocycles. The molecule has 0 aliphatic rings. The molecule has 0 bridgehead atoms. The summed E-state index contributed by atoms with van der Waals surface area (Å²) in [6.07, 6.45) is 3.33. The number of benzene rings is 1. The second-order valence-corrected chi connectivity index (χ2v) is 4.80. The maximum atomic E-state index is 12.5. The van der Waals surface area contributed by atoms with Gasteiger partial charge in [0.1, 0.15) is 6.07 Å². The molecule has 22 heavy (non-hydrogen) atoms. The smallest absolute Gasteiger partial charge is 0.257 e. The Hall–Kier alpha value is -3.26. The van der Waals surface area contributed by atoms with Crippen LogP contribution in [0.5, 0.6) is 0 Å². The number of para-hydroxylation sites is 1. The Morgan fingerprint density at radius 3 is 2.91 bits per heavy atom. The predicted molar refractivity (Wildman–Crippen MR) is 83.4 cm³/mol. The average Bonchev–Trinajstić information content (AvgIpc) is 2.54. The normalized spacial score (nSPS) is 10.2. The van der Waals surface area contributed by atoms with Crippen LogP contribution in [0.4, 0.5) is 5.69 Å². The van der Waals surface area contributed by atoms with Gasteiger partial charge in [-0.1, -0.05) is 12.1 Å². The number of carbonyl (C=O) groups excluding carboxylic acids is 1. The first kappa shape index (κ1) is 13.7. The van der Waals surface area contributed by atoms with Crippen molar-refractivity contribution in [3.8, 4) is 6.07 Å². The van der Waals surface area contributed by atoms with Gasteiger partial charge in [-0.2, -0.15) is 5.26 Å². The molecule has 2 aromatic heterocycles. The molecule has 5 nitrogen and oxygen atoms in total. The number of amides is 1. The number of aromatic nitrogens is 2. The third-order valence-corrected chi connectivity index (χ3v) is 3.35. The zero-order valence-electron chi connectivity index (χ0n) is 11.9. The van der Waals surface area contributed by atoms with Crippen molar-refractivity contribution in [2.24, 2.45) is 0 Å².